The van der Waals surface area contributed by atoms with Crippen molar-refractivity contribution in [3.05, 3.63) is 30.3 Å². The predicted octanol–water partition coefficient (Wildman–Crippen LogP) is 2.19. The average molecular weight is 289 g/mol. The summed E-state index contributed by atoms with van der Waals surface area (Å²) < 4.78 is 0. The predicted molar refractivity (Wildman–Crippen MR) is 83.3 cm³/mol. The van der Waals surface area contributed by atoms with E-state index in [0.29, 0.717) is 26.2 Å². The molecule has 0 unspecified atom stereocenters. The number of anilines is 1. The van der Waals surface area contributed by atoms with Gasteiger partial charge < -0.3 is 14.7 Å². The van der Waals surface area contributed by atoms with Gasteiger partial charge in [-0.3, -0.25) is 4.79 Å². The molecule has 0 aliphatic carbocycles. The van der Waals surface area contributed by atoms with Gasteiger partial charge in [0.25, 0.3) is 0 Å². The Balaban J connectivity index is 2.09. The molecule has 5 heteroatoms. The van der Waals surface area contributed by atoms with E-state index in [0.717, 1.165) is 12.1 Å². The van der Waals surface area contributed by atoms with Crippen LogP contribution in [0, 0.1) is 0 Å². The molecule has 0 N–H and O–H groups in total. The van der Waals surface area contributed by atoms with Gasteiger partial charge in [-0.15, -0.1) is 0 Å². The molecule has 1 aliphatic rings. The molecule has 1 aromatic carbocycles. The zero-order valence-corrected chi connectivity index (χ0v) is 12.8. The van der Waals surface area contributed by atoms with E-state index in [-0.39, 0.29) is 18.5 Å². The number of para-hydroxylation sites is 1. The van der Waals surface area contributed by atoms with Crippen LogP contribution in [-0.2, 0) is 4.79 Å². The molecular formula is C16H23N3O2. The summed E-state index contributed by atoms with van der Waals surface area (Å²) in [5.41, 5.74) is 0.902. The van der Waals surface area contributed by atoms with Gasteiger partial charge in [-0.05, 0) is 32.4 Å². The first kappa shape index (κ1) is 15.4. The second-order valence-electron chi connectivity index (χ2n) is 5.11. The van der Waals surface area contributed by atoms with E-state index in [1.54, 1.807) is 14.7 Å². The lowest BCUT2D eigenvalue weighted by atomic mass is 10.2. The molecule has 0 spiro atoms. The van der Waals surface area contributed by atoms with Gasteiger partial charge in [0.15, 0.2) is 0 Å². The van der Waals surface area contributed by atoms with Crippen LogP contribution < -0.4 is 4.90 Å². The van der Waals surface area contributed by atoms with E-state index < -0.39 is 0 Å². The first-order valence-corrected chi connectivity index (χ1v) is 7.56. The summed E-state index contributed by atoms with van der Waals surface area (Å²) >= 11 is 0. The highest BCUT2D eigenvalue weighted by atomic mass is 16.2. The van der Waals surface area contributed by atoms with E-state index in [9.17, 15) is 9.59 Å². The number of hydrogen-bond acceptors (Lipinski definition) is 2. The highest BCUT2D eigenvalue weighted by molar-refractivity contribution is 5.96. The monoisotopic (exact) mass is 289 g/mol. The van der Waals surface area contributed by atoms with E-state index in [1.165, 1.54) is 0 Å². The Morgan fingerprint density at radius 2 is 1.81 bits per heavy atom. The summed E-state index contributed by atoms with van der Waals surface area (Å²) in [4.78, 5) is 30.0. The van der Waals surface area contributed by atoms with Crippen LogP contribution in [0.1, 0.15) is 20.3 Å². The molecule has 2 rings (SSSR count). The average Bonchev–Trinajstić information content (AvgIpc) is 2.71. The highest BCUT2D eigenvalue weighted by Crippen LogP contribution is 2.17. The lowest BCUT2D eigenvalue weighted by molar-refractivity contribution is -0.118. The van der Waals surface area contributed by atoms with Gasteiger partial charge in [-0.2, -0.15) is 0 Å². The molecule has 1 aromatic rings. The summed E-state index contributed by atoms with van der Waals surface area (Å²) in [6.45, 7) is 6.69. The van der Waals surface area contributed by atoms with Gasteiger partial charge in [0, 0.05) is 31.9 Å². The minimum atomic E-state index is -0.0386. The Kier molecular flexibility index (Phi) is 5.20. The van der Waals surface area contributed by atoms with Crippen molar-refractivity contribution in [3.8, 4) is 0 Å². The van der Waals surface area contributed by atoms with E-state index in [4.69, 9.17) is 0 Å². The fraction of sp³-hybridized carbons (Fsp3) is 0.500. The third kappa shape index (κ3) is 3.54. The first-order chi connectivity index (χ1) is 10.2. The number of amides is 3. The largest absolute Gasteiger partial charge is 0.325 e. The Morgan fingerprint density at radius 3 is 2.43 bits per heavy atom. The molecule has 0 atom stereocenters. The number of rotatable bonds is 3. The second kappa shape index (κ2) is 7.11. The van der Waals surface area contributed by atoms with Gasteiger partial charge >= 0.3 is 6.03 Å². The topological polar surface area (TPSA) is 43.9 Å². The number of hydrogen-bond donors (Lipinski definition) is 0. The maximum atomic E-state index is 12.4. The number of carbonyl (C=O) groups excluding carboxylic acids is 2. The van der Waals surface area contributed by atoms with Gasteiger partial charge in [0.1, 0.15) is 6.54 Å². The first-order valence-electron chi connectivity index (χ1n) is 7.56. The van der Waals surface area contributed by atoms with Crippen molar-refractivity contribution in [2.24, 2.45) is 0 Å². The molecule has 5 nitrogen and oxygen atoms in total. The van der Waals surface area contributed by atoms with Crippen molar-refractivity contribution in [2.45, 2.75) is 20.3 Å². The van der Waals surface area contributed by atoms with E-state index >= 15 is 0 Å². The van der Waals surface area contributed by atoms with E-state index in [1.807, 2.05) is 44.2 Å². The molecular weight excluding hydrogens is 266 g/mol. The molecule has 1 fully saturated rings. The maximum absolute atomic E-state index is 12.4. The van der Waals surface area contributed by atoms with Gasteiger partial charge in [0.05, 0.1) is 0 Å². The van der Waals surface area contributed by atoms with Crippen LogP contribution in [-0.4, -0.2) is 54.5 Å². The molecule has 0 aromatic heterocycles. The number of carbonyl (C=O) groups is 2. The molecule has 1 heterocycles. The van der Waals surface area contributed by atoms with E-state index in [2.05, 4.69) is 0 Å². The zero-order valence-electron chi connectivity index (χ0n) is 12.8. The third-order valence-electron chi connectivity index (χ3n) is 3.81. The molecule has 21 heavy (non-hydrogen) atoms. The van der Waals surface area contributed by atoms with Gasteiger partial charge in [0.2, 0.25) is 5.91 Å². The highest BCUT2D eigenvalue weighted by Gasteiger charge is 2.27. The quantitative estimate of drug-likeness (QED) is 0.856. The Bertz CT molecular complexity index is 486. The van der Waals surface area contributed by atoms with Crippen molar-refractivity contribution < 1.29 is 9.59 Å². The molecule has 1 saturated heterocycles. The summed E-state index contributed by atoms with van der Waals surface area (Å²) in [6, 6.07) is 9.60. The molecule has 1 aliphatic heterocycles. The van der Waals surface area contributed by atoms with Crippen molar-refractivity contribution in [3.63, 3.8) is 0 Å². The fourth-order valence-corrected chi connectivity index (χ4v) is 2.61. The normalized spacial score (nSPS) is 15.8. The minimum absolute atomic E-state index is 0.0146. The SMILES string of the molecule is CCN(CC)C(=O)N1CCCN(c2ccccc2)C(=O)C1. The Labute approximate surface area is 126 Å². The summed E-state index contributed by atoms with van der Waals surface area (Å²) in [7, 11) is 0. The zero-order chi connectivity index (χ0) is 15.2. The van der Waals surface area contributed by atoms with Crippen LogP contribution in [0.15, 0.2) is 30.3 Å². The number of benzene rings is 1. The van der Waals surface area contributed by atoms with Crippen LogP contribution in [0.3, 0.4) is 0 Å². The second-order valence-corrected chi connectivity index (χ2v) is 5.11. The van der Waals surface area contributed by atoms with Gasteiger partial charge in [-0.25, -0.2) is 4.79 Å². The van der Waals surface area contributed by atoms with Crippen LogP contribution in [0.4, 0.5) is 10.5 Å². The smallest absolute Gasteiger partial charge is 0.320 e. The molecule has 3 amide bonds. The molecule has 0 saturated carbocycles. The molecule has 114 valence electrons. The number of nitrogens with zero attached hydrogens (tertiary/aromatic N) is 3. The molecule has 0 radical (unpaired) electrons. The van der Waals surface area contributed by atoms with Crippen LogP contribution in [0.2, 0.25) is 0 Å². The minimum Gasteiger partial charge on any atom is -0.325 e. The van der Waals surface area contributed by atoms with Crippen molar-refractivity contribution in [1.82, 2.24) is 9.80 Å². The van der Waals surface area contributed by atoms with Crippen LogP contribution in [0.25, 0.3) is 0 Å². The lowest BCUT2D eigenvalue weighted by Gasteiger charge is -2.27. The summed E-state index contributed by atoms with van der Waals surface area (Å²) in [5, 5.41) is 0. The van der Waals surface area contributed by atoms with Crippen LogP contribution in [0.5, 0.6) is 0 Å². The Morgan fingerprint density at radius 1 is 1.14 bits per heavy atom. The van der Waals surface area contributed by atoms with Crippen LogP contribution >= 0.6 is 0 Å². The number of urea groups is 1. The van der Waals surface area contributed by atoms with Crippen molar-refractivity contribution in [2.75, 3.05) is 37.6 Å². The molecule has 0 bridgehead atoms. The standard InChI is InChI=1S/C16H23N3O2/c1-3-17(4-2)16(21)18-11-8-12-19(15(20)13-18)14-9-6-5-7-10-14/h5-7,9-10H,3-4,8,11-13H2,1-2H3. The maximum Gasteiger partial charge on any atom is 0.320 e. The Hall–Kier alpha value is -2.04. The third-order valence-corrected chi connectivity index (χ3v) is 3.81. The van der Waals surface area contributed by atoms with Crippen molar-refractivity contribution >= 4 is 17.6 Å². The summed E-state index contributed by atoms with van der Waals surface area (Å²) in [5.74, 6) is -0.0146. The lowest BCUT2D eigenvalue weighted by Crippen LogP contribution is -2.46. The summed E-state index contributed by atoms with van der Waals surface area (Å²) in [6.07, 6.45) is 0.799. The van der Waals surface area contributed by atoms with Gasteiger partial charge in [-0.1, -0.05) is 18.2 Å². The van der Waals surface area contributed by atoms with Crippen molar-refractivity contribution in [1.29, 1.82) is 0 Å². The fourth-order valence-electron chi connectivity index (χ4n) is 2.61.